The van der Waals surface area contributed by atoms with E-state index in [4.69, 9.17) is 4.74 Å². The Bertz CT molecular complexity index is 516. The number of ether oxygens (including phenoxy) is 1. The van der Waals surface area contributed by atoms with Crippen molar-refractivity contribution in [1.29, 1.82) is 0 Å². The Kier molecular flexibility index (Phi) is 4.76. The first kappa shape index (κ1) is 16.8. The van der Waals surface area contributed by atoms with E-state index < -0.39 is 0 Å². The molecule has 0 atom stereocenters. The van der Waals surface area contributed by atoms with Gasteiger partial charge in [-0.1, -0.05) is 36.9 Å². The number of piperidine rings is 1. The maximum Gasteiger partial charge on any atom is 0.246 e. The van der Waals surface area contributed by atoms with Crippen molar-refractivity contribution in [2.45, 2.75) is 64.3 Å². The smallest absolute Gasteiger partial charge is 0.246 e. The van der Waals surface area contributed by atoms with E-state index in [0.717, 1.165) is 12.8 Å². The lowest BCUT2D eigenvalue weighted by molar-refractivity contribution is -0.153. The standard InChI is InChI=1S/C19H27NO2/c1-6-17(21)20-18(2,3)12-16(13-19(20,4)5)22-14-15-10-8-7-9-11-15/h6-11,16H,1,12-14H2,2-5H3. The topological polar surface area (TPSA) is 29.5 Å². The summed E-state index contributed by atoms with van der Waals surface area (Å²) in [4.78, 5) is 14.2. The number of likely N-dealkylation sites (tertiary alicyclic amines) is 1. The average Bonchev–Trinajstić information content (AvgIpc) is 2.43. The Labute approximate surface area is 134 Å². The largest absolute Gasteiger partial charge is 0.373 e. The van der Waals surface area contributed by atoms with Crippen LogP contribution in [0.5, 0.6) is 0 Å². The van der Waals surface area contributed by atoms with Crippen LogP contribution in [-0.2, 0) is 16.1 Å². The number of nitrogens with zero attached hydrogens (tertiary/aromatic N) is 1. The molecule has 1 saturated heterocycles. The van der Waals surface area contributed by atoms with Gasteiger partial charge in [-0.05, 0) is 52.2 Å². The third-order valence-corrected chi connectivity index (χ3v) is 4.39. The molecule has 1 aromatic carbocycles. The fourth-order valence-corrected chi connectivity index (χ4v) is 3.78. The highest BCUT2D eigenvalue weighted by molar-refractivity contribution is 5.88. The Morgan fingerprint density at radius 2 is 1.77 bits per heavy atom. The molecule has 0 spiro atoms. The molecule has 1 amide bonds. The molecule has 0 saturated carbocycles. The maximum absolute atomic E-state index is 12.3. The van der Waals surface area contributed by atoms with E-state index in [1.165, 1.54) is 11.6 Å². The minimum absolute atomic E-state index is 0.00323. The normalized spacial score (nSPS) is 20.6. The SMILES string of the molecule is C=CC(=O)N1C(C)(C)CC(OCc2ccccc2)CC1(C)C. The molecule has 1 aliphatic heterocycles. The molecule has 3 heteroatoms. The molecule has 0 bridgehead atoms. The van der Waals surface area contributed by atoms with Crippen LogP contribution in [0, 0.1) is 0 Å². The second-order valence-electron chi connectivity index (χ2n) is 7.33. The van der Waals surface area contributed by atoms with Crippen LogP contribution in [0.3, 0.4) is 0 Å². The van der Waals surface area contributed by atoms with Gasteiger partial charge in [0, 0.05) is 11.1 Å². The number of benzene rings is 1. The summed E-state index contributed by atoms with van der Waals surface area (Å²) in [5, 5.41) is 0. The minimum Gasteiger partial charge on any atom is -0.373 e. The molecule has 0 aromatic heterocycles. The zero-order valence-electron chi connectivity index (χ0n) is 14.1. The number of hydrogen-bond acceptors (Lipinski definition) is 2. The van der Waals surface area contributed by atoms with Gasteiger partial charge in [0.2, 0.25) is 5.91 Å². The molecule has 0 N–H and O–H groups in total. The maximum atomic E-state index is 12.3. The highest BCUT2D eigenvalue weighted by Crippen LogP contribution is 2.40. The Balaban J connectivity index is 2.08. The molecular weight excluding hydrogens is 274 g/mol. The Hall–Kier alpha value is -1.61. The van der Waals surface area contributed by atoms with Crippen molar-refractivity contribution in [2.75, 3.05) is 0 Å². The van der Waals surface area contributed by atoms with Crippen LogP contribution < -0.4 is 0 Å². The van der Waals surface area contributed by atoms with E-state index in [-0.39, 0.29) is 23.1 Å². The number of hydrogen-bond donors (Lipinski definition) is 0. The van der Waals surface area contributed by atoms with E-state index in [1.54, 1.807) is 0 Å². The molecule has 0 radical (unpaired) electrons. The number of rotatable bonds is 4. The molecule has 120 valence electrons. The Morgan fingerprint density at radius 1 is 1.23 bits per heavy atom. The van der Waals surface area contributed by atoms with Gasteiger partial charge in [-0.2, -0.15) is 0 Å². The Morgan fingerprint density at radius 3 is 2.27 bits per heavy atom. The summed E-state index contributed by atoms with van der Waals surface area (Å²) in [6.07, 6.45) is 3.24. The second kappa shape index (κ2) is 6.25. The van der Waals surface area contributed by atoms with Crippen LogP contribution in [0.25, 0.3) is 0 Å². The van der Waals surface area contributed by atoms with Gasteiger partial charge in [0.05, 0.1) is 12.7 Å². The third-order valence-electron chi connectivity index (χ3n) is 4.39. The molecule has 1 aromatic rings. The fourth-order valence-electron chi connectivity index (χ4n) is 3.78. The lowest BCUT2D eigenvalue weighted by atomic mass is 9.78. The highest BCUT2D eigenvalue weighted by atomic mass is 16.5. The first-order valence-electron chi connectivity index (χ1n) is 7.88. The van der Waals surface area contributed by atoms with Crippen molar-refractivity contribution >= 4 is 5.91 Å². The zero-order chi connectivity index (χ0) is 16.4. The van der Waals surface area contributed by atoms with Crippen molar-refractivity contribution in [3.63, 3.8) is 0 Å². The third kappa shape index (κ3) is 3.58. The molecule has 0 aliphatic carbocycles. The number of carbonyl (C=O) groups is 1. The second-order valence-corrected chi connectivity index (χ2v) is 7.33. The summed E-state index contributed by atoms with van der Waals surface area (Å²) < 4.78 is 6.14. The summed E-state index contributed by atoms with van der Waals surface area (Å²) in [5.74, 6) is -0.00323. The average molecular weight is 301 g/mol. The summed E-state index contributed by atoms with van der Waals surface area (Å²) in [6, 6.07) is 10.2. The number of carbonyl (C=O) groups excluding carboxylic acids is 1. The number of amides is 1. The fraction of sp³-hybridized carbons (Fsp3) is 0.526. The molecule has 1 fully saturated rings. The summed E-state index contributed by atoms with van der Waals surface area (Å²) in [7, 11) is 0. The van der Waals surface area contributed by atoms with Crippen molar-refractivity contribution in [3.8, 4) is 0 Å². The van der Waals surface area contributed by atoms with Crippen LogP contribution in [0.4, 0.5) is 0 Å². The van der Waals surface area contributed by atoms with E-state index in [9.17, 15) is 4.79 Å². The van der Waals surface area contributed by atoms with Crippen molar-refractivity contribution in [3.05, 3.63) is 48.6 Å². The summed E-state index contributed by atoms with van der Waals surface area (Å²) >= 11 is 0. The van der Waals surface area contributed by atoms with E-state index >= 15 is 0 Å². The highest BCUT2D eigenvalue weighted by Gasteiger charge is 2.47. The van der Waals surface area contributed by atoms with Crippen LogP contribution >= 0.6 is 0 Å². The molecular formula is C19H27NO2. The van der Waals surface area contributed by atoms with Crippen LogP contribution in [0.15, 0.2) is 43.0 Å². The van der Waals surface area contributed by atoms with E-state index in [2.05, 4.69) is 46.4 Å². The van der Waals surface area contributed by atoms with Crippen LogP contribution in [-0.4, -0.2) is 28.0 Å². The molecule has 3 nitrogen and oxygen atoms in total. The summed E-state index contributed by atoms with van der Waals surface area (Å²) in [6.45, 7) is 12.7. The minimum atomic E-state index is -0.242. The monoisotopic (exact) mass is 301 g/mol. The van der Waals surface area contributed by atoms with Crippen molar-refractivity contribution < 1.29 is 9.53 Å². The van der Waals surface area contributed by atoms with Gasteiger partial charge < -0.3 is 9.64 Å². The zero-order valence-corrected chi connectivity index (χ0v) is 14.1. The van der Waals surface area contributed by atoms with Gasteiger partial charge >= 0.3 is 0 Å². The van der Waals surface area contributed by atoms with Gasteiger partial charge in [0.25, 0.3) is 0 Å². The van der Waals surface area contributed by atoms with Gasteiger partial charge in [-0.3, -0.25) is 4.79 Å². The molecule has 0 unspecified atom stereocenters. The predicted molar refractivity (Wildman–Crippen MR) is 89.5 cm³/mol. The van der Waals surface area contributed by atoms with Crippen LogP contribution in [0.1, 0.15) is 46.1 Å². The molecule has 1 aliphatic rings. The van der Waals surface area contributed by atoms with Gasteiger partial charge in [-0.15, -0.1) is 0 Å². The summed E-state index contributed by atoms with van der Waals surface area (Å²) in [5.41, 5.74) is 0.700. The lowest BCUT2D eigenvalue weighted by Crippen LogP contribution is -2.63. The first-order chi connectivity index (χ1) is 10.3. The van der Waals surface area contributed by atoms with E-state index in [0.29, 0.717) is 6.61 Å². The molecule has 2 rings (SSSR count). The van der Waals surface area contributed by atoms with E-state index in [1.807, 2.05) is 23.1 Å². The molecule has 1 heterocycles. The quantitative estimate of drug-likeness (QED) is 0.788. The predicted octanol–water partition coefficient (Wildman–Crippen LogP) is 3.94. The lowest BCUT2D eigenvalue weighted by Gasteiger charge is -2.54. The molecule has 22 heavy (non-hydrogen) atoms. The van der Waals surface area contributed by atoms with Gasteiger partial charge in [0.15, 0.2) is 0 Å². The van der Waals surface area contributed by atoms with Crippen LogP contribution in [0.2, 0.25) is 0 Å². The van der Waals surface area contributed by atoms with Crippen molar-refractivity contribution in [2.24, 2.45) is 0 Å². The van der Waals surface area contributed by atoms with Crippen molar-refractivity contribution in [1.82, 2.24) is 4.90 Å². The van der Waals surface area contributed by atoms with Gasteiger partial charge in [0.1, 0.15) is 0 Å². The van der Waals surface area contributed by atoms with Gasteiger partial charge in [-0.25, -0.2) is 0 Å². The first-order valence-corrected chi connectivity index (χ1v) is 7.88.